The van der Waals surface area contributed by atoms with Crippen LogP contribution in [0.1, 0.15) is 0 Å². The van der Waals surface area contributed by atoms with E-state index in [1.54, 1.807) is 13.2 Å². The summed E-state index contributed by atoms with van der Waals surface area (Å²) < 4.78 is 9.77. The second kappa shape index (κ2) is 8.27. The molecule has 0 radical (unpaired) electrons. The van der Waals surface area contributed by atoms with Gasteiger partial charge in [0.1, 0.15) is 5.03 Å². The molecule has 0 aromatic heterocycles. The van der Waals surface area contributed by atoms with Crippen LogP contribution < -0.4 is 0 Å². The van der Waals surface area contributed by atoms with Crippen LogP contribution in [-0.4, -0.2) is 26.4 Å². The number of hydrogen-bond acceptors (Lipinski definition) is 4. The third kappa shape index (κ3) is 4.63. The molecule has 0 N–H and O–H groups in total. The molecule has 0 saturated heterocycles. The molecule has 0 amide bonds. The monoisotopic (exact) mass is 211 g/mol. The molecule has 4 heteroatoms. The fraction of sp³-hybridized carbons (Fsp3) is 0.300. The number of rotatable bonds is 6. The molecular weight excluding hydrogens is 198 g/mol. The molecule has 0 heterocycles. The first kappa shape index (κ1) is 12.7. The second-order valence-corrected chi connectivity index (χ2v) is 3.00. The highest BCUT2D eigenvalue weighted by Crippen LogP contribution is 2.21. The lowest BCUT2D eigenvalue weighted by atomic mass is 10.5. The van der Waals surface area contributed by atoms with E-state index in [2.05, 4.69) is 17.5 Å². The predicted molar refractivity (Wildman–Crippen MR) is 61.0 cm³/mol. The van der Waals surface area contributed by atoms with Crippen molar-refractivity contribution in [3.8, 4) is 12.3 Å². The molecule has 0 fully saturated rings. The Morgan fingerprint density at radius 1 is 1.64 bits per heavy atom. The topological polar surface area (TPSA) is 30.8 Å². The Hall–Kier alpha value is -1.34. The van der Waals surface area contributed by atoms with Crippen LogP contribution >= 0.6 is 11.8 Å². The number of hydrogen-bond donors (Lipinski definition) is 0. The fourth-order valence-electron chi connectivity index (χ4n) is 0.641. The number of nitrogens with zero attached hydrogens (tertiary/aromatic N) is 1. The quantitative estimate of drug-likeness (QED) is 0.221. The third-order valence-electron chi connectivity index (χ3n) is 1.18. The Morgan fingerprint density at radius 3 is 2.79 bits per heavy atom. The van der Waals surface area contributed by atoms with Gasteiger partial charge in [-0.05, 0) is 6.08 Å². The molecule has 0 aliphatic heterocycles. The number of ether oxygens (including phenoxy) is 2. The van der Waals surface area contributed by atoms with Crippen LogP contribution in [0, 0.1) is 12.3 Å². The molecule has 0 aromatic carbocycles. The van der Waals surface area contributed by atoms with Crippen LogP contribution in [-0.2, 0) is 9.47 Å². The van der Waals surface area contributed by atoms with E-state index in [0.717, 1.165) is 0 Å². The Labute approximate surface area is 88.9 Å². The highest BCUT2D eigenvalue weighted by atomic mass is 32.2. The lowest BCUT2D eigenvalue weighted by Crippen LogP contribution is -1.89. The van der Waals surface area contributed by atoms with Crippen molar-refractivity contribution >= 4 is 18.2 Å². The molecule has 3 nitrogen and oxygen atoms in total. The summed E-state index contributed by atoms with van der Waals surface area (Å²) in [7, 11) is 3.07. The van der Waals surface area contributed by atoms with E-state index >= 15 is 0 Å². The molecule has 76 valence electrons. The first-order valence-corrected chi connectivity index (χ1v) is 4.81. The minimum absolute atomic E-state index is 0.525. The number of aliphatic imine (C=N–C) groups is 1. The average molecular weight is 211 g/mol. The van der Waals surface area contributed by atoms with Crippen molar-refractivity contribution in [3.05, 3.63) is 23.4 Å². The van der Waals surface area contributed by atoms with E-state index in [1.807, 2.05) is 0 Å². The summed E-state index contributed by atoms with van der Waals surface area (Å²) in [4.78, 5) is 4.03. The molecule has 0 atom stereocenters. The van der Waals surface area contributed by atoms with Crippen molar-refractivity contribution in [3.63, 3.8) is 0 Å². The summed E-state index contributed by atoms with van der Waals surface area (Å²) in [5.74, 6) is 3.61. The number of terminal acetylenes is 1. The van der Waals surface area contributed by atoms with E-state index in [4.69, 9.17) is 15.9 Å². The molecule has 0 unspecified atom stereocenters. The zero-order valence-electron chi connectivity index (χ0n) is 8.32. The van der Waals surface area contributed by atoms with Gasteiger partial charge in [-0.2, -0.15) is 0 Å². The summed E-state index contributed by atoms with van der Waals surface area (Å²) in [6, 6.07) is 0. The van der Waals surface area contributed by atoms with E-state index in [1.165, 1.54) is 25.3 Å². The minimum atomic E-state index is 0.525. The van der Waals surface area contributed by atoms with Crippen molar-refractivity contribution < 1.29 is 9.47 Å². The van der Waals surface area contributed by atoms with Crippen molar-refractivity contribution in [2.24, 2.45) is 4.99 Å². The summed E-state index contributed by atoms with van der Waals surface area (Å²) in [6.45, 7) is 3.61. The Kier molecular flexibility index (Phi) is 7.48. The Balaban J connectivity index is 4.68. The van der Waals surface area contributed by atoms with Gasteiger partial charge in [0, 0.05) is 0 Å². The van der Waals surface area contributed by atoms with E-state index < -0.39 is 0 Å². The third-order valence-corrected chi connectivity index (χ3v) is 2.07. The summed E-state index contributed by atoms with van der Waals surface area (Å²) in [6.07, 6.45) is 8.04. The van der Waals surface area contributed by atoms with Gasteiger partial charge in [0.25, 0.3) is 0 Å². The van der Waals surface area contributed by atoms with Crippen LogP contribution in [0.3, 0.4) is 0 Å². The molecule has 0 saturated carbocycles. The van der Waals surface area contributed by atoms with Crippen LogP contribution in [0.5, 0.6) is 0 Å². The van der Waals surface area contributed by atoms with Crippen molar-refractivity contribution in [1.29, 1.82) is 0 Å². The summed E-state index contributed by atoms with van der Waals surface area (Å²) in [5.41, 5.74) is 0. The first-order chi connectivity index (χ1) is 6.79. The van der Waals surface area contributed by atoms with Gasteiger partial charge in [0.2, 0.25) is 0 Å². The molecule has 0 aromatic rings. The maximum atomic E-state index is 5.15. The van der Waals surface area contributed by atoms with Crippen LogP contribution in [0.2, 0.25) is 0 Å². The van der Waals surface area contributed by atoms with E-state index in [9.17, 15) is 0 Å². The standard InChI is InChI=1S/C10H13NO2S/c1-5-7-14-10(11-8-12-3)9(6-2)13-4/h1,6,8H,2,7H2,3-4H3/b10-9-,11-8+. The lowest BCUT2D eigenvalue weighted by Gasteiger charge is -2.04. The van der Waals surface area contributed by atoms with Crippen molar-refractivity contribution in [1.82, 2.24) is 0 Å². The van der Waals surface area contributed by atoms with Gasteiger partial charge < -0.3 is 9.47 Å². The SMILES string of the molecule is C#CCSC(/N=C/OC)=C(/C=C)OC. The summed E-state index contributed by atoms with van der Waals surface area (Å²) >= 11 is 1.39. The fourth-order valence-corrected chi connectivity index (χ4v) is 1.29. The predicted octanol–water partition coefficient (Wildman–Crippen LogP) is 2.03. The van der Waals surface area contributed by atoms with Gasteiger partial charge in [-0.1, -0.05) is 24.3 Å². The van der Waals surface area contributed by atoms with Crippen molar-refractivity contribution in [2.75, 3.05) is 20.0 Å². The normalized spacial score (nSPS) is 11.8. The smallest absolute Gasteiger partial charge is 0.174 e. The first-order valence-electron chi connectivity index (χ1n) is 3.82. The molecule has 0 aliphatic carbocycles. The molecule has 0 rings (SSSR count). The number of methoxy groups -OCH3 is 2. The van der Waals surface area contributed by atoms with Gasteiger partial charge in [0.05, 0.1) is 20.0 Å². The largest absolute Gasteiger partial charge is 0.494 e. The van der Waals surface area contributed by atoms with Gasteiger partial charge in [-0.25, -0.2) is 4.99 Å². The molecule has 0 spiro atoms. The Bertz CT molecular complexity index is 276. The van der Waals surface area contributed by atoms with Crippen molar-refractivity contribution in [2.45, 2.75) is 0 Å². The molecule has 14 heavy (non-hydrogen) atoms. The van der Waals surface area contributed by atoms with Gasteiger partial charge in [-0.3, -0.25) is 0 Å². The minimum Gasteiger partial charge on any atom is -0.494 e. The van der Waals surface area contributed by atoms with Gasteiger partial charge in [0.15, 0.2) is 12.2 Å². The zero-order chi connectivity index (χ0) is 10.8. The zero-order valence-corrected chi connectivity index (χ0v) is 9.13. The van der Waals surface area contributed by atoms with Crippen LogP contribution in [0.25, 0.3) is 0 Å². The van der Waals surface area contributed by atoms with E-state index in [-0.39, 0.29) is 0 Å². The number of allylic oxidation sites excluding steroid dienone is 1. The average Bonchev–Trinajstić information content (AvgIpc) is 2.22. The molecule has 0 bridgehead atoms. The van der Waals surface area contributed by atoms with Gasteiger partial charge in [-0.15, -0.1) is 6.42 Å². The summed E-state index contributed by atoms with van der Waals surface area (Å²) in [5, 5.41) is 0.655. The number of thioether (sulfide) groups is 1. The van der Waals surface area contributed by atoms with Gasteiger partial charge >= 0.3 is 0 Å². The lowest BCUT2D eigenvalue weighted by molar-refractivity contribution is 0.304. The van der Waals surface area contributed by atoms with Crippen LogP contribution in [0.15, 0.2) is 28.4 Å². The maximum absolute atomic E-state index is 5.15. The highest BCUT2D eigenvalue weighted by molar-refractivity contribution is 8.03. The Morgan fingerprint density at radius 2 is 2.36 bits per heavy atom. The second-order valence-electron chi connectivity index (χ2n) is 2.04. The molecule has 0 aliphatic rings. The maximum Gasteiger partial charge on any atom is 0.174 e. The highest BCUT2D eigenvalue weighted by Gasteiger charge is 2.02. The van der Waals surface area contributed by atoms with E-state index in [0.29, 0.717) is 16.5 Å². The van der Waals surface area contributed by atoms with Crippen LogP contribution in [0.4, 0.5) is 0 Å². The molecular formula is C10H13NO2S.